The molecule has 2 fully saturated rings. The molecule has 4 aromatic rings. The number of hydrogen-bond donors (Lipinski definition) is 2. The maximum atomic E-state index is 12.2. The van der Waals surface area contributed by atoms with Crippen molar-refractivity contribution in [1.29, 1.82) is 0 Å². The fourth-order valence-electron chi connectivity index (χ4n) is 6.55. The van der Waals surface area contributed by atoms with Crippen LogP contribution in [-0.2, 0) is 22.3 Å². The van der Waals surface area contributed by atoms with E-state index in [1.807, 2.05) is 84.3 Å². The molecule has 2 atom stereocenters. The molecule has 2 N–H and O–H groups in total. The molecule has 4 heterocycles. The number of hydrogen-bond acceptors (Lipinski definition) is 10. The number of halogens is 1. The minimum atomic E-state index is -2.13. The molecular formula is C49H69IN4O8Sn. The van der Waals surface area contributed by atoms with Crippen molar-refractivity contribution in [2.75, 3.05) is 39.5 Å². The summed E-state index contributed by atoms with van der Waals surface area (Å²) in [4.78, 5) is 43.5. The average Bonchev–Trinajstić information content (AvgIpc) is 3.18. The van der Waals surface area contributed by atoms with E-state index in [4.69, 9.17) is 29.2 Å². The number of carbonyl (C=O) groups excluding carboxylic acids is 2. The Morgan fingerprint density at radius 1 is 0.698 bits per heavy atom. The van der Waals surface area contributed by atoms with E-state index in [0.717, 1.165) is 61.9 Å². The Morgan fingerprint density at radius 2 is 1.17 bits per heavy atom. The molecular weight excluding hydrogens is 1020 g/mol. The van der Waals surface area contributed by atoms with E-state index < -0.39 is 29.6 Å². The third kappa shape index (κ3) is 17.7. The van der Waals surface area contributed by atoms with Crippen LogP contribution in [0.3, 0.4) is 0 Å². The van der Waals surface area contributed by atoms with Gasteiger partial charge in [-0.05, 0) is 104 Å². The maximum Gasteiger partial charge on any atom is 0.410 e. The fourth-order valence-corrected chi connectivity index (χ4v) is 10.2. The predicted octanol–water partition coefficient (Wildman–Crippen LogP) is 9.29. The van der Waals surface area contributed by atoms with Gasteiger partial charge in [0.15, 0.2) is 0 Å². The monoisotopic (exact) mass is 1090 g/mol. The van der Waals surface area contributed by atoms with E-state index in [1.165, 1.54) is 18.3 Å². The number of ether oxygens (including phenoxy) is 4. The van der Waals surface area contributed by atoms with Gasteiger partial charge < -0.3 is 24.6 Å². The summed E-state index contributed by atoms with van der Waals surface area (Å²) < 4.78 is 25.3. The normalized spacial score (nSPS) is 15.9. The van der Waals surface area contributed by atoms with Crippen LogP contribution in [0.25, 0.3) is 11.1 Å². The molecule has 0 spiro atoms. The molecule has 14 heteroatoms. The molecule has 0 bridgehead atoms. The van der Waals surface area contributed by atoms with E-state index in [9.17, 15) is 9.59 Å². The Hall–Kier alpha value is -3.67. The number of rotatable bonds is 14. The van der Waals surface area contributed by atoms with Gasteiger partial charge in [-0.2, -0.15) is 0 Å². The molecule has 0 radical (unpaired) electrons. The second-order valence-corrected chi connectivity index (χ2v) is 34.5. The SMILES string of the molecule is CC(C)(C)OC(=O)N1CC[C@H]1COc1cnc[c]([Sn]([CH3])([CH3])[CH3])c1.CC(C)(C)OC(=O)N1CC[C@H]1COc1cncc(-c2ccccc2CCCO)c1.OCCCc1ccccc1I. The van der Waals surface area contributed by atoms with Crippen LogP contribution in [0.4, 0.5) is 9.59 Å². The second kappa shape index (κ2) is 24.6. The number of aliphatic hydroxyl groups is 2. The zero-order valence-corrected chi connectivity index (χ0v) is 43.7. The summed E-state index contributed by atoms with van der Waals surface area (Å²) in [5.41, 5.74) is 3.62. The van der Waals surface area contributed by atoms with Gasteiger partial charge in [-0.3, -0.25) is 4.98 Å². The van der Waals surface area contributed by atoms with Crippen molar-refractivity contribution in [3.05, 3.63) is 100 Å². The molecule has 2 saturated heterocycles. The summed E-state index contributed by atoms with van der Waals surface area (Å²) in [6, 6.07) is 20.6. The van der Waals surface area contributed by atoms with Gasteiger partial charge in [0.05, 0.1) is 12.2 Å². The molecule has 0 saturated carbocycles. The average molecular weight is 1090 g/mol. The summed E-state index contributed by atoms with van der Waals surface area (Å²) in [7, 11) is 0. The first-order valence-corrected chi connectivity index (χ1v) is 33.0. The second-order valence-electron chi connectivity index (χ2n) is 18.8. The molecule has 0 aliphatic carbocycles. The smallest absolute Gasteiger partial charge is 0.410 e. The molecule has 0 unspecified atom stereocenters. The van der Waals surface area contributed by atoms with Crippen LogP contribution in [-0.4, -0.2) is 123 Å². The molecule has 2 aliphatic rings. The van der Waals surface area contributed by atoms with Crippen molar-refractivity contribution < 1.29 is 38.7 Å². The van der Waals surface area contributed by atoms with E-state index in [2.05, 4.69) is 77.7 Å². The van der Waals surface area contributed by atoms with Crippen LogP contribution in [0.2, 0.25) is 14.8 Å². The van der Waals surface area contributed by atoms with Gasteiger partial charge in [0.2, 0.25) is 0 Å². The number of benzene rings is 2. The Bertz CT molecular complexity index is 2050. The van der Waals surface area contributed by atoms with E-state index in [0.29, 0.717) is 25.5 Å². The number of aryl methyl sites for hydroxylation is 2. The van der Waals surface area contributed by atoms with Crippen LogP contribution in [0.1, 0.15) is 78.4 Å². The number of likely N-dealkylation sites (tertiary alicyclic amines) is 2. The number of amides is 2. The standard InChI is InChI=1S/C23H30N2O4.C14H19N2O3.C9H11IO.3CH3.Sn/c1-23(2,3)29-22(27)25-11-10-19(25)16-28-20-13-18(14-24-15-20)21-9-5-4-7-17(21)8-6-12-26;1-14(2,3)19-13(17)16-8-6-11(16)10-18-12-5-4-7-15-9-12;10-9-6-2-1-4-8(9)5-3-7-11;;;;/h4-5,7,9,13-15,19,26H,6,8,10-12,16H2,1-3H3;5,7,9,11H,6,8,10H2,1-3H3;1-2,4,6,11H,3,5,7H2;3*1H3;/t19-;11-;;;;;/m00...../s1. The Morgan fingerprint density at radius 3 is 1.65 bits per heavy atom. The van der Waals surface area contributed by atoms with Crippen molar-refractivity contribution in [2.45, 2.75) is 118 Å². The fraction of sp³-hybridized carbons (Fsp3) is 0.510. The minimum absolute atomic E-state index is 0.0188. The third-order valence-electron chi connectivity index (χ3n) is 10.2. The zero-order chi connectivity index (χ0) is 46.2. The number of aromatic nitrogens is 2. The van der Waals surface area contributed by atoms with E-state index >= 15 is 0 Å². The van der Waals surface area contributed by atoms with Crippen LogP contribution in [0, 0.1) is 3.57 Å². The van der Waals surface area contributed by atoms with Crippen LogP contribution >= 0.6 is 22.6 Å². The molecule has 6 rings (SSSR count). The molecule has 2 amide bonds. The molecule has 63 heavy (non-hydrogen) atoms. The van der Waals surface area contributed by atoms with Gasteiger partial charge in [0.1, 0.15) is 18.0 Å². The number of nitrogens with zero attached hydrogens (tertiary/aromatic N) is 4. The van der Waals surface area contributed by atoms with Gasteiger partial charge in [0, 0.05) is 35.1 Å². The van der Waals surface area contributed by atoms with Gasteiger partial charge in [-0.25, -0.2) is 4.79 Å². The molecule has 2 aliphatic heterocycles. The zero-order valence-electron chi connectivity index (χ0n) is 38.7. The summed E-state index contributed by atoms with van der Waals surface area (Å²) in [5.74, 6) is 1.47. The van der Waals surface area contributed by atoms with Crippen molar-refractivity contribution in [1.82, 2.24) is 19.8 Å². The van der Waals surface area contributed by atoms with Crippen molar-refractivity contribution in [2.24, 2.45) is 0 Å². The van der Waals surface area contributed by atoms with E-state index in [1.54, 1.807) is 22.2 Å². The van der Waals surface area contributed by atoms with E-state index in [-0.39, 0.29) is 37.5 Å². The summed E-state index contributed by atoms with van der Waals surface area (Å²) >= 11 is 0.184. The van der Waals surface area contributed by atoms with Gasteiger partial charge in [0.25, 0.3) is 0 Å². The topological polar surface area (TPSA) is 144 Å². The molecule has 12 nitrogen and oxygen atoms in total. The molecule has 344 valence electrons. The van der Waals surface area contributed by atoms with Crippen molar-refractivity contribution in [3.63, 3.8) is 0 Å². The molecule has 2 aromatic heterocycles. The van der Waals surface area contributed by atoms with Crippen LogP contribution in [0.5, 0.6) is 11.5 Å². The number of carbonyl (C=O) groups is 2. The Labute approximate surface area is 393 Å². The van der Waals surface area contributed by atoms with Crippen molar-refractivity contribution >= 4 is 56.7 Å². The van der Waals surface area contributed by atoms with Crippen molar-refractivity contribution in [3.8, 4) is 22.6 Å². The number of pyridine rings is 2. The predicted molar refractivity (Wildman–Crippen MR) is 261 cm³/mol. The first kappa shape index (κ1) is 52.0. The summed E-state index contributed by atoms with van der Waals surface area (Å²) in [5, 5.41) is 17.8. The maximum absolute atomic E-state index is 12.2. The third-order valence-corrected chi connectivity index (χ3v) is 17.0. The van der Waals surface area contributed by atoms with Gasteiger partial charge >= 0.3 is 149 Å². The quantitative estimate of drug-likeness (QED) is 0.0927. The first-order chi connectivity index (χ1) is 29.8. The number of aliphatic hydroxyl groups excluding tert-OH is 2. The Kier molecular flexibility index (Phi) is 20.3. The molecule has 2 aromatic carbocycles. The summed E-state index contributed by atoms with van der Waals surface area (Å²) in [6.45, 7) is 14.0. The van der Waals surface area contributed by atoms with Crippen LogP contribution < -0.4 is 13.1 Å². The summed E-state index contributed by atoms with van der Waals surface area (Å²) in [6.07, 6.45) is 11.9. The van der Waals surface area contributed by atoms with Gasteiger partial charge in [-0.15, -0.1) is 0 Å². The Balaban J connectivity index is 0.000000227. The first-order valence-electron chi connectivity index (χ1n) is 22.0. The largest absolute Gasteiger partial charge is 0.490 e. The minimum Gasteiger partial charge on any atom is -0.490 e. The van der Waals surface area contributed by atoms with Crippen LogP contribution in [0.15, 0.2) is 85.5 Å². The van der Waals surface area contributed by atoms with Gasteiger partial charge in [-0.1, -0.05) is 42.5 Å².